The second kappa shape index (κ2) is 8.30. The minimum atomic E-state index is -0.262. The lowest BCUT2D eigenvalue weighted by Gasteiger charge is -2.37. The third-order valence-corrected chi connectivity index (χ3v) is 6.70. The van der Waals surface area contributed by atoms with Crippen molar-refractivity contribution in [3.05, 3.63) is 59.1 Å². The van der Waals surface area contributed by atoms with Crippen LogP contribution in [-0.4, -0.2) is 48.5 Å². The predicted molar refractivity (Wildman–Crippen MR) is 120 cm³/mol. The number of anilines is 1. The first-order valence-electron chi connectivity index (χ1n) is 11.4. The molecule has 2 aliphatic heterocycles. The zero-order valence-electron chi connectivity index (χ0n) is 18.8. The van der Waals surface area contributed by atoms with Crippen LogP contribution in [0, 0.1) is 5.41 Å². The second-order valence-corrected chi connectivity index (χ2v) is 9.72. The van der Waals surface area contributed by atoms with Gasteiger partial charge >= 0.3 is 5.88 Å². The van der Waals surface area contributed by atoms with E-state index in [4.69, 9.17) is 15.2 Å². The van der Waals surface area contributed by atoms with Gasteiger partial charge in [0.15, 0.2) is 5.78 Å². The molecule has 168 valence electrons. The largest absolute Gasteiger partial charge is 0.430 e. The maximum Gasteiger partial charge on any atom is 0.305 e. The van der Waals surface area contributed by atoms with E-state index < -0.39 is 0 Å². The molecule has 7 nitrogen and oxygen atoms in total. The van der Waals surface area contributed by atoms with Gasteiger partial charge < -0.3 is 15.2 Å². The highest BCUT2D eigenvalue weighted by molar-refractivity contribution is 6.00. The van der Waals surface area contributed by atoms with E-state index >= 15 is 0 Å². The lowest BCUT2D eigenvalue weighted by Crippen LogP contribution is -2.47. The van der Waals surface area contributed by atoms with Crippen molar-refractivity contribution in [2.75, 3.05) is 38.6 Å². The zero-order valence-corrected chi connectivity index (χ0v) is 18.8. The monoisotopic (exact) mass is 435 g/mol. The molecule has 1 fully saturated rings. The lowest BCUT2D eigenvalue weighted by molar-refractivity contribution is -0.685. The Bertz CT molecular complexity index is 1060. The first-order valence-corrected chi connectivity index (χ1v) is 11.4. The first kappa shape index (κ1) is 21.1. The Kier molecular flexibility index (Phi) is 5.47. The van der Waals surface area contributed by atoms with E-state index in [0.717, 1.165) is 61.9 Å². The number of allylic oxidation sites excluding steroid dienone is 2. The van der Waals surface area contributed by atoms with Gasteiger partial charge in [0.25, 0.3) is 0 Å². The summed E-state index contributed by atoms with van der Waals surface area (Å²) in [5.41, 5.74) is 9.18. The zero-order chi connectivity index (χ0) is 22.3. The number of ketones is 1. The third kappa shape index (κ3) is 3.91. The molecular weight excluding hydrogens is 404 g/mol. The number of hydrogen-bond donors (Lipinski definition) is 1. The second-order valence-electron chi connectivity index (χ2n) is 9.72. The molecule has 1 atom stereocenters. The fraction of sp³-hybridized carbons (Fsp3) is 0.480. The first-order chi connectivity index (χ1) is 15.4. The van der Waals surface area contributed by atoms with E-state index in [9.17, 15) is 4.79 Å². The Morgan fingerprint density at radius 2 is 1.94 bits per heavy atom. The van der Waals surface area contributed by atoms with Crippen LogP contribution in [0.4, 0.5) is 5.82 Å². The molecule has 0 radical (unpaired) electrons. The SMILES string of the molecule is CC1(C)CC(=O)C2=C(C1)Oc1nc[n+](CCN3CCOCC3)c(N)c1[C@@H]2c1ccccc1. The van der Waals surface area contributed by atoms with Crippen LogP contribution >= 0.6 is 0 Å². The van der Waals surface area contributed by atoms with Crippen molar-refractivity contribution < 1.29 is 18.8 Å². The maximum absolute atomic E-state index is 13.3. The van der Waals surface area contributed by atoms with Crippen molar-refractivity contribution in [1.82, 2.24) is 9.88 Å². The molecule has 1 aromatic heterocycles. The maximum atomic E-state index is 13.3. The van der Waals surface area contributed by atoms with E-state index in [1.165, 1.54) is 0 Å². The quantitative estimate of drug-likeness (QED) is 0.743. The summed E-state index contributed by atoms with van der Waals surface area (Å²) in [6.45, 7) is 9.19. The van der Waals surface area contributed by atoms with Crippen molar-refractivity contribution in [2.24, 2.45) is 5.41 Å². The predicted octanol–water partition coefficient (Wildman–Crippen LogP) is 2.45. The van der Waals surface area contributed by atoms with Crippen LogP contribution in [0.25, 0.3) is 0 Å². The molecule has 2 N–H and O–H groups in total. The molecule has 5 rings (SSSR count). The number of Topliss-reactive ketones (excluding diaryl/α,β-unsaturated/α-hetero) is 1. The molecule has 1 saturated heterocycles. The highest BCUT2D eigenvalue weighted by Gasteiger charge is 2.45. The van der Waals surface area contributed by atoms with Crippen LogP contribution in [0.5, 0.6) is 5.88 Å². The number of aromatic nitrogens is 2. The molecule has 0 bridgehead atoms. The van der Waals surface area contributed by atoms with Crippen LogP contribution < -0.4 is 15.0 Å². The molecule has 0 unspecified atom stereocenters. The number of nitrogens with zero attached hydrogens (tertiary/aromatic N) is 3. The number of carbonyl (C=O) groups excluding carboxylic acids is 1. The van der Waals surface area contributed by atoms with Gasteiger partial charge in [0, 0.05) is 38.0 Å². The Labute approximate surface area is 188 Å². The average Bonchev–Trinajstić information content (AvgIpc) is 2.78. The topological polar surface area (TPSA) is 81.6 Å². The Morgan fingerprint density at radius 3 is 2.69 bits per heavy atom. The van der Waals surface area contributed by atoms with Crippen LogP contribution in [-0.2, 0) is 16.1 Å². The number of nitrogens with two attached hydrogens (primary N) is 1. The Morgan fingerprint density at radius 1 is 1.19 bits per heavy atom. The van der Waals surface area contributed by atoms with Gasteiger partial charge in [-0.1, -0.05) is 49.2 Å². The van der Waals surface area contributed by atoms with Crippen molar-refractivity contribution in [3.8, 4) is 5.88 Å². The Balaban J connectivity index is 1.55. The van der Waals surface area contributed by atoms with E-state index in [0.29, 0.717) is 24.5 Å². The van der Waals surface area contributed by atoms with Crippen molar-refractivity contribution in [3.63, 3.8) is 0 Å². The molecule has 3 aliphatic rings. The van der Waals surface area contributed by atoms with E-state index in [1.54, 1.807) is 6.33 Å². The molecule has 0 spiro atoms. The van der Waals surface area contributed by atoms with Gasteiger partial charge in [0.1, 0.15) is 11.3 Å². The summed E-state index contributed by atoms with van der Waals surface area (Å²) in [6.07, 6.45) is 2.98. The normalized spacial score (nSPS) is 22.8. The van der Waals surface area contributed by atoms with E-state index in [2.05, 4.69) is 35.9 Å². The van der Waals surface area contributed by atoms with Gasteiger partial charge in [-0.05, 0) is 11.0 Å². The molecule has 2 aromatic rings. The molecule has 1 aromatic carbocycles. The average molecular weight is 436 g/mol. The number of carbonyl (C=O) groups is 1. The number of benzene rings is 1. The van der Waals surface area contributed by atoms with Crippen molar-refractivity contribution >= 4 is 11.6 Å². The van der Waals surface area contributed by atoms with Crippen molar-refractivity contribution in [2.45, 2.75) is 39.2 Å². The summed E-state index contributed by atoms with van der Waals surface area (Å²) < 4.78 is 13.7. The van der Waals surface area contributed by atoms with Crippen LogP contribution in [0.2, 0.25) is 0 Å². The molecule has 3 heterocycles. The Hall–Kier alpha value is -2.77. The molecule has 7 heteroatoms. The van der Waals surface area contributed by atoms with Gasteiger partial charge in [-0.3, -0.25) is 9.69 Å². The van der Waals surface area contributed by atoms with Crippen LogP contribution in [0.1, 0.15) is 43.7 Å². The summed E-state index contributed by atoms with van der Waals surface area (Å²) in [6, 6.07) is 10.1. The minimum Gasteiger partial charge on any atom is -0.430 e. The van der Waals surface area contributed by atoms with Crippen molar-refractivity contribution in [1.29, 1.82) is 0 Å². The smallest absolute Gasteiger partial charge is 0.305 e. The molecule has 32 heavy (non-hydrogen) atoms. The summed E-state index contributed by atoms with van der Waals surface area (Å²) in [7, 11) is 0. The number of rotatable bonds is 4. The van der Waals surface area contributed by atoms with Gasteiger partial charge in [0.05, 0.1) is 25.7 Å². The van der Waals surface area contributed by atoms with Crippen LogP contribution in [0.15, 0.2) is 48.0 Å². The highest BCUT2D eigenvalue weighted by Crippen LogP contribution is 2.50. The van der Waals surface area contributed by atoms with Gasteiger partial charge in [-0.25, -0.2) is 4.57 Å². The third-order valence-electron chi connectivity index (χ3n) is 6.70. The molecule has 0 amide bonds. The summed E-state index contributed by atoms with van der Waals surface area (Å²) >= 11 is 0. The number of nitrogen functional groups attached to an aromatic ring is 1. The van der Waals surface area contributed by atoms with Gasteiger partial charge in [0.2, 0.25) is 12.1 Å². The summed E-state index contributed by atoms with van der Waals surface area (Å²) in [5.74, 6) is 1.75. The standard InChI is InChI=1S/C25H30N4O3/c1-25(2)14-18(30)21-19(15-25)32-24-22(20(21)17-6-4-3-5-7-17)23(26)29(16-27-24)9-8-28-10-12-31-13-11-28/h3-7,16,20,26H,8-15H2,1-2H3/p+1/t20-/m1/s1. The van der Waals surface area contributed by atoms with Gasteiger partial charge in [-0.2, -0.15) is 0 Å². The fourth-order valence-corrected chi connectivity index (χ4v) is 5.05. The number of ether oxygens (including phenoxy) is 2. The minimum absolute atomic E-state index is 0.132. The van der Waals surface area contributed by atoms with E-state index in [1.807, 2.05) is 22.8 Å². The van der Waals surface area contributed by atoms with Crippen LogP contribution in [0.3, 0.4) is 0 Å². The van der Waals surface area contributed by atoms with Gasteiger partial charge in [-0.15, -0.1) is 0 Å². The number of fused-ring (bicyclic) bond motifs is 1. The van der Waals surface area contributed by atoms with E-state index in [-0.39, 0.29) is 17.1 Å². The summed E-state index contributed by atoms with van der Waals surface area (Å²) in [4.78, 5) is 20.4. The molecule has 1 aliphatic carbocycles. The fourth-order valence-electron chi connectivity index (χ4n) is 5.05. The number of hydrogen-bond acceptors (Lipinski definition) is 6. The molecular formula is C25H31N4O3+. The lowest BCUT2D eigenvalue weighted by atomic mass is 9.70. The highest BCUT2D eigenvalue weighted by atomic mass is 16.5. The summed E-state index contributed by atoms with van der Waals surface area (Å²) in [5, 5.41) is 0. The number of morpholine rings is 1. The molecule has 0 saturated carbocycles.